The van der Waals surface area contributed by atoms with Crippen LogP contribution >= 0.6 is 73.5 Å². The van der Waals surface area contributed by atoms with Crippen LogP contribution in [0.3, 0.4) is 0 Å². The number of rotatable bonds is 5. The number of thioether (sulfide) groups is 1. The van der Waals surface area contributed by atoms with Gasteiger partial charge in [0.25, 0.3) is 5.91 Å². The summed E-state index contributed by atoms with van der Waals surface area (Å²) in [4.78, 5) is 17.4. The predicted octanol–water partition coefficient (Wildman–Crippen LogP) is 8.14. The quantitative estimate of drug-likeness (QED) is 0.220. The number of ether oxygens (including phenoxy) is 1. The molecule has 168 valence electrons. The number of hydrogen-bond acceptors (Lipinski definition) is 4. The number of nitrogens with zero attached hydrogens (tertiary/aromatic N) is 1. The van der Waals surface area contributed by atoms with Gasteiger partial charge in [0.15, 0.2) is 5.17 Å². The third-order valence-electron chi connectivity index (χ3n) is 4.63. The van der Waals surface area contributed by atoms with Gasteiger partial charge in [0.05, 0.1) is 28.7 Å². The molecule has 33 heavy (non-hydrogen) atoms. The van der Waals surface area contributed by atoms with E-state index >= 15 is 0 Å². The number of aryl methyl sites for hydroxylation is 1. The molecule has 0 aromatic heterocycles. The second-order valence-electron chi connectivity index (χ2n) is 7.14. The van der Waals surface area contributed by atoms with E-state index in [1.807, 2.05) is 18.2 Å². The van der Waals surface area contributed by atoms with Crippen molar-refractivity contribution in [3.8, 4) is 5.75 Å². The smallest absolute Gasteiger partial charge is 0.264 e. The van der Waals surface area contributed by atoms with E-state index in [2.05, 4.69) is 80.0 Å². The van der Waals surface area contributed by atoms with Crippen molar-refractivity contribution in [3.05, 3.63) is 94.3 Å². The maximum atomic E-state index is 12.5. The number of amidine groups is 1. The first-order chi connectivity index (χ1) is 15.8. The van der Waals surface area contributed by atoms with Crippen molar-refractivity contribution in [2.45, 2.75) is 13.5 Å². The Bertz CT molecular complexity index is 1270. The highest BCUT2D eigenvalue weighted by Gasteiger charge is 2.24. The maximum Gasteiger partial charge on any atom is 0.264 e. The molecule has 1 aliphatic heterocycles. The third kappa shape index (κ3) is 6.14. The van der Waals surface area contributed by atoms with Crippen molar-refractivity contribution in [1.82, 2.24) is 5.32 Å². The number of aliphatic imine (C=N–C) groups is 1. The molecule has 1 N–H and O–H groups in total. The van der Waals surface area contributed by atoms with Crippen LogP contribution in [0.15, 0.2) is 69.0 Å². The first-order valence-electron chi connectivity index (χ1n) is 9.71. The molecule has 1 aliphatic rings. The Hall–Kier alpha value is -1.52. The van der Waals surface area contributed by atoms with Crippen LogP contribution in [0.1, 0.15) is 16.7 Å². The molecule has 4 nitrogen and oxygen atoms in total. The zero-order valence-electron chi connectivity index (χ0n) is 17.2. The van der Waals surface area contributed by atoms with E-state index < -0.39 is 0 Å². The highest BCUT2D eigenvalue weighted by Crippen LogP contribution is 2.36. The lowest BCUT2D eigenvalue weighted by Gasteiger charge is -2.12. The van der Waals surface area contributed by atoms with Crippen LogP contribution in [0.2, 0.25) is 10.0 Å². The molecular weight excluding hydrogens is 658 g/mol. The third-order valence-corrected chi connectivity index (χ3v) is 7.74. The standard InChI is InChI=1S/C24H16BrCl2IN2O2S/c1-13-5-7-14(8-6-13)12-32-22-16(25)9-15(10-18(22)28)11-20-23(31)30-24(33-20)29-19-4-2-3-17(26)21(19)27/h2-11H,12H2,1H3,(H,29,30,31)/b20-11-. The van der Waals surface area contributed by atoms with E-state index in [0.717, 1.165) is 24.9 Å². The van der Waals surface area contributed by atoms with E-state index in [1.165, 1.54) is 17.3 Å². The molecule has 0 aliphatic carbocycles. The van der Waals surface area contributed by atoms with Gasteiger partial charge in [-0.05, 0) is 98.7 Å². The minimum Gasteiger partial charge on any atom is -0.487 e. The summed E-state index contributed by atoms with van der Waals surface area (Å²) in [5.41, 5.74) is 3.68. The van der Waals surface area contributed by atoms with Gasteiger partial charge in [-0.1, -0.05) is 59.1 Å². The molecule has 1 amide bonds. The van der Waals surface area contributed by atoms with E-state index in [4.69, 9.17) is 27.9 Å². The zero-order valence-corrected chi connectivity index (χ0v) is 23.2. The van der Waals surface area contributed by atoms with Gasteiger partial charge >= 0.3 is 0 Å². The zero-order chi connectivity index (χ0) is 23.5. The highest BCUT2D eigenvalue weighted by atomic mass is 127. The largest absolute Gasteiger partial charge is 0.487 e. The molecule has 3 aromatic carbocycles. The van der Waals surface area contributed by atoms with Gasteiger partial charge in [-0.25, -0.2) is 4.99 Å². The molecule has 0 atom stereocenters. The average molecular weight is 674 g/mol. The fourth-order valence-corrected chi connectivity index (χ4v) is 5.90. The summed E-state index contributed by atoms with van der Waals surface area (Å²) in [6.45, 7) is 2.53. The lowest BCUT2D eigenvalue weighted by molar-refractivity contribution is -0.115. The Labute approximate surface area is 228 Å². The van der Waals surface area contributed by atoms with E-state index in [9.17, 15) is 4.79 Å². The Morgan fingerprint density at radius 1 is 1.18 bits per heavy atom. The summed E-state index contributed by atoms with van der Waals surface area (Å²) < 4.78 is 7.79. The van der Waals surface area contributed by atoms with Crippen molar-refractivity contribution in [1.29, 1.82) is 0 Å². The summed E-state index contributed by atoms with van der Waals surface area (Å²) in [6, 6.07) is 17.3. The van der Waals surface area contributed by atoms with Gasteiger partial charge in [-0.3, -0.25) is 4.79 Å². The van der Waals surface area contributed by atoms with Crippen molar-refractivity contribution >= 4 is 96.3 Å². The first kappa shape index (κ1) is 24.6. The summed E-state index contributed by atoms with van der Waals surface area (Å²) in [5, 5.41) is 3.97. The van der Waals surface area contributed by atoms with Crippen LogP contribution < -0.4 is 10.1 Å². The molecule has 3 aromatic rings. The number of carbonyl (C=O) groups excluding carboxylic acids is 1. The van der Waals surface area contributed by atoms with Crippen molar-refractivity contribution in [2.75, 3.05) is 0 Å². The molecule has 0 bridgehead atoms. The summed E-state index contributed by atoms with van der Waals surface area (Å²) in [6.07, 6.45) is 1.82. The van der Waals surface area contributed by atoms with Gasteiger partial charge in [-0.2, -0.15) is 0 Å². The number of carbonyl (C=O) groups is 1. The topological polar surface area (TPSA) is 50.7 Å². The lowest BCUT2D eigenvalue weighted by atomic mass is 10.1. The fourth-order valence-electron chi connectivity index (χ4n) is 2.96. The van der Waals surface area contributed by atoms with Gasteiger partial charge in [0.1, 0.15) is 12.4 Å². The normalized spacial score (nSPS) is 15.8. The number of benzene rings is 3. The number of halogens is 4. The van der Waals surface area contributed by atoms with Crippen LogP contribution in [-0.2, 0) is 11.4 Å². The number of amides is 1. The number of hydrogen-bond donors (Lipinski definition) is 1. The molecule has 0 saturated carbocycles. The molecule has 0 unspecified atom stereocenters. The Kier molecular flexibility index (Phi) is 8.07. The molecule has 1 heterocycles. The van der Waals surface area contributed by atoms with E-state index in [1.54, 1.807) is 18.2 Å². The molecule has 1 fully saturated rings. The maximum absolute atomic E-state index is 12.5. The Morgan fingerprint density at radius 2 is 1.94 bits per heavy atom. The molecule has 9 heteroatoms. The Balaban J connectivity index is 1.51. The van der Waals surface area contributed by atoms with Crippen molar-refractivity contribution < 1.29 is 9.53 Å². The SMILES string of the molecule is Cc1ccc(COc2c(Br)cc(/C=C3\SC(=Nc4cccc(Cl)c4Cl)NC3=O)cc2I)cc1. The second-order valence-corrected chi connectivity index (χ2v) is 11.0. The van der Waals surface area contributed by atoms with Crippen LogP contribution in [0.25, 0.3) is 6.08 Å². The predicted molar refractivity (Wildman–Crippen MR) is 150 cm³/mol. The second kappa shape index (κ2) is 10.8. The van der Waals surface area contributed by atoms with Crippen LogP contribution in [0.5, 0.6) is 5.75 Å². The summed E-state index contributed by atoms with van der Waals surface area (Å²) in [7, 11) is 0. The van der Waals surface area contributed by atoms with Crippen LogP contribution in [0, 0.1) is 10.5 Å². The molecule has 1 saturated heterocycles. The van der Waals surface area contributed by atoms with Crippen molar-refractivity contribution in [2.24, 2.45) is 4.99 Å². The summed E-state index contributed by atoms with van der Waals surface area (Å²) in [5.74, 6) is 0.544. The monoisotopic (exact) mass is 672 g/mol. The fraction of sp³-hybridized carbons (Fsp3) is 0.0833. The van der Waals surface area contributed by atoms with E-state index in [-0.39, 0.29) is 5.91 Å². The van der Waals surface area contributed by atoms with Crippen LogP contribution in [0.4, 0.5) is 5.69 Å². The van der Waals surface area contributed by atoms with Crippen LogP contribution in [-0.4, -0.2) is 11.1 Å². The molecule has 0 radical (unpaired) electrons. The molecule has 0 spiro atoms. The van der Waals surface area contributed by atoms with Gasteiger partial charge < -0.3 is 10.1 Å². The van der Waals surface area contributed by atoms with Gasteiger partial charge in [-0.15, -0.1) is 0 Å². The molecular formula is C24H16BrCl2IN2O2S. The lowest BCUT2D eigenvalue weighted by Crippen LogP contribution is -2.19. The van der Waals surface area contributed by atoms with E-state index in [0.29, 0.717) is 32.4 Å². The highest BCUT2D eigenvalue weighted by molar-refractivity contribution is 14.1. The minimum absolute atomic E-state index is 0.220. The van der Waals surface area contributed by atoms with Gasteiger partial charge in [0, 0.05) is 0 Å². The molecule has 4 rings (SSSR count). The van der Waals surface area contributed by atoms with Crippen molar-refractivity contribution in [3.63, 3.8) is 0 Å². The first-order valence-corrected chi connectivity index (χ1v) is 13.2. The summed E-state index contributed by atoms with van der Waals surface area (Å²) >= 11 is 19.3. The van der Waals surface area contributed by atoms with Gasteiger partial charge in [0.2, 0.25) is 0 Å². The number of nitrogens with one attached hydrogen (secondary N) is 1. The Morgan fingerprint density at radius 3 is 2.67 bits per heavy atom. The minimum atomic E-state index is -0.220. The average Bonchev–Trinajstić information content (AvgIpc) is 3.10.